The number of anilines is 1. The van der Waals surface area contributed by atoms with Gasteiger partial charge in [0.15, 0.2) is 11.5 Å². The summed E-state index contributed by atoms with van der Waals surface area (Å²) in [5, 5.41) is 3.00. The molecule has 4 rings (SSSR count). The summed E-state index contributed by atoms with van der Waals surface area (Å²) in [5.74, 6) is 3.05. The smallest absolute Gasteiger partial charge is 0.321 e. The van der Waals surface area contributed by atoms with Gasteiger partial charge in [0.1, 0.15) is 13.2 Å². The van der Waals surface area contributed by atoms with Gasteiger partial charge in [-0.3, -0.25) is 0 Å². The maximum atomic E-state index is 12.6. The molecule has 0 bridgehead atoms. The molecule has 27 heavy (non-hydrogen) atoms. The van der Waals surface area contributed by atoms with Gasteiger partial charge in [-0.2, -0.15) is 0 Å². The molecule has 3 aliphatic heterocycles. The number of benzene rings is 1. The molecule has 2 saturated heterocycles. The molecule has 1 aromatic carbocycles. The van der Waals surface area contributed by atoms with Crippen molar-refractivity contribution in [3.8, 4) is 11.5 Å². The van der Waals surface area contributed by atoms with Crippen molar-refractivity contribution in [1.29, 1.82) is 0 Å². The minimum atomic E-state index is -0.0167. The molecular weight excluding hydrogens is 342 g/mol. The van der Waals surface area contributed by atoms with Crippen LogP contribution in [-0.4, -0.2) is 61.8 Å². The number of ether oxygens (including phenoxy) is 2. The Balaban J connectivity index is 1.24. The Hall–Kier alpha value is -1.95. The van der Waals surface area contributed by atoms with Crippen molar-refractivity contribution in [2.24, 2.45) is 11.8 Å². The van der Waals surface area contributed by atoms with E-state index in [4.69, 9.17) is 9.47 Å². The van der Waals surface area contributed by atoms with E-state index in [9.17, 15) is 4.79 Å². The van der Waals surface area contributed by atoms with E-state index in [1.165, 1.54) is 32.5 Å². The standard InChI is InChI=1S/C21H31N3O3/c1-16-4-8-23(9-5-16)15-17-6-10-24(11-7-17)21(25)22-18-2-3-19-20(14-18)27-13-12-26-19/h2-3,14,16-17H,4-13,15H2,1H3,(H,22,25). The highest BCUT2D eigenvalue weighted by Crippen LogP contribution is 2.32. The second kappa shape index (κ2) is 8.38. The number of likely N-dealkylation sites (tertiary alicyclic amines) is 2. The molecule has 3 heterocycles. The molecule has 0 spiro atoms. The lowest BCUT2D eigenvalue weighted by molar-refractivity contribution is 0.130. The van der Waals surface area contributed by atoms with Gasteiger partial charge in [0.25, 0.3) is 0 Å². The summed E-state index contributed by atoms with van der Waals surface area (Å²) in [6.45, 7) is 8.84. The minimum Gasteiger partial charge on any atom is -0.486 e. The highest BCUT2D eigenvalue weighted by Gasteiger charge is 2.26. The zero-order valence-corrected chi connectivity index (χ0v) is 16.3. The second-order valence-corrected chi connectivity index (χ2v) is 8.20. The van der Waals surface area contributed by atoms with E-state index >= 15 is 0 Å². The predicted octanol–water partition coefficient (Wildman–Crippen LogP) is 3.43. The number of piperidine rings is 2. The highest BCUT2D eigenvalue weighted by molar-refractivity contribution is 5.89. The summed E-state index contributed by atoms with van der Waals surface area (Å²) >= 11 is 0. The van der Waals surface area contributed by atoms with Gasteiger partial charge in [0.2, 0.25) is 0 Å². The van der Waals surface area contributed by atoms with Crippen LogP contribution in [-0.2, 0) is 0 Å². The fourth-order valence-electron chi connectivity index (χ4n) is 4.25. The van der Waals surface area contributed by atoms with Crippen LogP contribution < -0.4 is 14.8 Å². The fraction of sp³-hybridized carbons (Fsp3) is 0.667. The lowest BCUT2D eigenvalue weighted by Gasteiger charge is -2.37. The lowest BCUT2D eigenvalue weighted by atomic mass is 9.93. The number of rotatable bonds is 3. The van der Waals surface area contributed by atoms with E-state index in [1.807, 2.05) is 23.1 Å². The van der Waals surface area contributed by atoms with Crippen LogP contribution in [0.1, 0.15) is 32.6 Å². The normalized spacial score (nSPS) is 21.9. The molecule has 0 atom stereocenters. The summed E-state index contributed by atoms with van der Waals surface area (Å²) in [4.78, 5) is 17.2. The third-order valence-corrected chi connectivity index (χ3v) is 6.09. The summed E-state index contributed by atoms with van der Waals surface area (Å²) in [6, 6.07) is 5.55. The van der Waals surface area contributed by atoms with Crippen molar-refractivity contribution in [3.63, 3.8) is 0 Å². The number of urea groups is 1. The Labute approximate surface area is 161 Å². The molecule has 0 saturated carbocycles. The van der Waals surface area contributed by atoms with E-state index in [1.54, 1.807) is 0 Å². The second-order valence-electron chi connectivity index (χ2n) is 8.20. The fourth-order valence-corrected chi connectivity index (χ4v) is 4.25. The first-order chi connectivity index (χ1) is 13.2. The predicted molar refractivity (Wildman–Crippen MR) is 106 cm³/mol. The average molecular weight is 373 g/mol. The maximum absolute atomic E-state index is 12.6. The van der Waals surface area contributed by atoms with Gasteiger partial charge in [-0.25, -0.2) is 4.79 Å². The molecule has 1 aromatic rings. The van der Waals surface area contributed by atoms with Crippen molar-refractivity contribution >= 4 is 11.7 Å². The van der Waals surface area contributed by atoms with E-state index in [0.717, 1.165) is 49.2 Å². The number of carbonyl (C=O) groups excluding carboxylic acids is 1. The monoisotopic (exact) mass is 373 g/mol. The van der Waals surface area contributed by atoms with Crippen LogP contribution in [0.2, 0.25) is 0 Å². The zero-order chi connectivity index (χ0) is 18.6. The van der Waals surface area contributed by atoms with Gasteiger partial charge >= 0.3 is 6.03 Å². The number of nitrogens with one attached hydrogen (secondary N) is 1. The van der Waals surface area contributed by atoms with E-state index < -0.39 is 0 Å². The summed E-state index contributed by atoms with van der Waals surface area (Å²) in [5.41, 5.74) is 0.758. The SMILES string of the molecule is CC1CCN(CC2CCN(C(=O)Nc3ccc4c(c3)OCCO4)CC2)CC1. The number of amides is 2. The maximum Gasteiger partial charge on any atom is 0.321 e. The molecular formula is C21H31N3O3. The number of carbonyl (C=O) groups is 1. The first-order valence-electron chi connectivity index (χ1n) is 10.4. The average Bonchev–Trinajstić information content (AvgIpc) is 2.70. The van der Waals surface area contributed by atoms with Crippen LogP contribution >= 0.6 is 0 Å². The van der Waals surface area contributed by atoms with Gasteiger partial charge in [-0.15, -0.1) is 0 Å². The molecule has 2 amide bonds. The van der Waals surface area contributed by atoms with Crippen molar-refractivity contribution in [2.75, 3.05) is 51.3 Å². The van der Waals surface area contributed by atoms with Crippen LogP contribution in [0.3, 0.4) is 0 Å². The Morgan fingerprint density at radius 3 is 2.48 bits per heavy atom. The molecule has 2 fully saturated rings. The molecule has 0 radical (unpaired) electrons. The van der Waals surface area contributed by atoms with E-state index in [-0.39, 0.29) is 6.03 Å². The molecule has 6 heteroatoms. The van der Waals surface area contributed by atoms with Crippen LogP contribution in [0.5, 0.6) is 11.5 Å². The summed E-state index contributed by atoms with van der Waals surface area (Å²) < 4.78 is 11.1. The largest absolute Gasteiger partial charge is 0.486 e. The van der Waals surface area contributed by atoms with E-state index in [2.05, 4.69) is 17.1 Å². The van der Waals surface area contributed by atoms with Gasteiger partial charge in [-0.05, 0) is 62.7 Å². The molecule has 1 N–H and O–H groups in total. The molecule has 3 aliphatic rings. The molecule has 0 unspecified atom stereocenters. The van der Waals surface area contributed by atoms with Crippen molar-refractivity contribution < 1.29 is 14.3 Å². The number of fused-ring (bicyclic) bond motifs is 1. The third kappa shape index (κ3) is 4.67. The van der Waals surface area contributed by atoms with Crippen molar-refractivity contribution in [3.05, 3.63) is 18.2 Å². The van der Waals surface area contributed by atoms with Crippen LogP contribution in [0.25, 0.3) is 0 Å². The first-order valence-corrected chi connectivity index (χ1v) is 10.4. The molecule has 148 valence electrons. The Morgan fingerprint density at radius 1 is 1.04 bits per heavy atom. The number of nitrogens with zero attached hydrogens (tertiary/aromatic N) is 2. The van der Waals surface area contributed by atoms with Crippen molar-refractivity contribution in [2.45, 2.75) is 32.6 Å². The van der Waals surface area contributed by atoms with Crippen molar-refractivity contribution in [1.82, 2.24) is 9.80 Å². The molecule has 6 nitrogen and oxygen atoms in total. The quantitative estimate of drug-likeness (QED) is 0.882. The van der Waals surface area contributed by atoms with Gasteiger partial charge in [0.05, 0.1) is 0 Å². The van der Waals surface area contributed by atoms with Gasteiger partial charge in [0, 0.05) is 31.4 Å². The van der Waals surface area contributed by atoms with Gasteiger partial charge in [-0.1, -0.05) is 6.92 Å². The summed E-state index contributed by atoms with van der Waals surface area (Å²) in [7, 11) is 0. The zero-order valence-electron chi connectivity index (χ0n) is 16.3. The highest BCUT2D eigenvalue weighted by atomic mass is 16.6. The molecule has 0 aromatic heterocycles. The topological polar surface area (TPSA) is 54.0 Å². The number of hydrogen-bond acceptors (Lipinski definition) is 4. The minimum absolute atomic E-state index is 0.0167. The third-order valence-electron chi connectivity index (χ3n) is 6.09. The van der Waals surface area contributed by atoms with Crippen LogP contribution in [0.4, 0.5) is 10.5 Å². The van der Waals surface area contributed by atoms with Gasteiger partial charge < -0.3 is 24.6 Å². The first kappa shape index (κ1) is 18.4. The van der Waals surface area contributed by atoms with Crippen LogP contribution in [0, 0.1) is 11.8 Å². The van der Waals surface area contributed by atoms with E-state index in [0.29, 0.717) is 19.0 Å². The number of hydrogen-bond donors (Lipinski definition) is 1. The Bertz CT molecular complexity index is 650. The lowest BCUT2D eigenvalue weighted by Crippen LogP contribution is -2.44. The Kier molecular flexibility index (Phi) is 5.72. The van der Waals surface area contributed by atoms with Crippen LogP contribution in [0.15, 0.2) is 18.2 Å². The molecule has 0 aliphatic carbocycles. The summed E-state index contributed by atoms with van der Waals surface area (Å²) in [6.07, 6.45) is 4.86. The Morgan fingerprint density at radius 2 is 1.74 bits per heavy atom.